The smallest absolute Gasteiger partial charge is 0.123 e. The lowest BCUT2D eigenvalue weighted by molar-refractivity contribution is 0.119. The zero-order valence-corrected chi connectivity index (χ0v) is 20.5. The van der Waals surface area contributed by atoms with Crippen molar-refractivity contribution in [2.75, 3.05) is 13.7 Å². The van der Waals surface area contributed by atoms with Crippen LogP contribution in [-0.4, -0.2) is 35.1 Å². The number of likely N-dealkylation sites (tertiary alicyclic amines) is 1. The largest absolute Gasteiger partial charge is 0.496 e. The minimum Gasteiger partial charge on any atom is -0.496 e. The molecule has 2 aromatic carbocycles. The van der Waals surface area contributed by atoms with E-state index < -0.39 is 0 Å². The molecule has 4 rings (SSSR count). The maximum absolute atomic E-state index is 6.57. The van der Waals surface area contributed by atoms with Crippen molar-refractivity contribution in [3.8, 4) is 16.9 Å². The summed E-state index contributed by atoms with van der Waals surface area (Å²) in [5.41, 5.74) is 11.3. The summed E-state index contributed by atoms with van der Waals surface area (Å²) < 4.78 is 5.67. The molecule has 1 aromatic heterocycles. The molecule has 0 bridgehead atoms. The molecule has 0 saturated carbocycles. The molecule has 0 unspecified atom stereocenters. The molecule has 0 amide bonds. The third kappa shape index (κ3) is 6.82. The van der Waals surface area contributed by atoms with Gasteiger partial charge >= 0.3 is 0 Å². The Balaban J connectivity index is 0.00000240. The van der Waals surface area contributed by atoms with Crippen LogP contribution in [0.1, 0.15) is 30.0 Å². The zero-order valence-electron chi connectivity index (χ0n) is 18.0. The summed E-state index contributed by atoms with van der Waals surface area (Å²) in [5, 5.41) is 0. The topological polar surface area (TPSA) is 82.9 Å². The van der Waals surface area contributed by atoms with Gasteiger partial charge in [0.2, 0.25) is 0 Å². The number of nitrogens with zero attached hydrogens (tertiary/aromatic N) is 2. The monoisotopic (exact) mass is 499 g/mol. The summed E-state index contributed by atoms with van der Waals surface area (Å²) in [6, 6.07) is 21.4. The normalized spacial score (nSPS) is 17.6. The van der Waals surface area contributed by atoms with E-state index in [1.807, 2.05) is 12.3 Å². The van der Waals surface area contributed by atoms with E-state index in [1.165, 1.54) is 11.1 Å². The lowest BCUT2D eigenvalue weighted by Gasteiger charge is -2.40. The highest BCUT2D eigenvalue weighted by Gasteiger charge is 2.30. The molecule has 3 aromatic rings. The van der Waals surface area contributed by atoms with Gasteiger partial charge in [0.1, 0.15) is 5.75 Å². The first kappa shape index (κ1) is 30.1. The summed E-state index contributed by atoms with van der Waals surface area (Å²) in [6.07, 6.45) is 5.88. The minimum absolute atomic E-state index is 0. The standard InChI is InChI=1S/C24H27N3O.3ClH.H2O/c1-28-23-12-11-19(20-9-5-13-26-16-20)15-21(23)17-27-14-6-10-22(25)24(27)18-7-3-2-4-8-18;;;;/h2-5,7-9,11-13,15-16,22,24H,6,10,14,17,25H2,1H3;3*1H;1H2/t22-,24-;;;;/m0..../s1. The SMILES string of the molecule is COc1ccc(-c2cccnc2)cc1CN1CCC[C@H](N)[C@@H]1c1ccccc1.Cl.Cl.Cl.O. The molecule has 2 atom stereocenters. The molecule has 32 heavy (non-hydrogen) atoms. The quantitative estimate of drug-likeness (QED) is 0.542. The van der Waals surface area contributed by atoms with Crippen LogP contribution in [0.5, 0.6) is 5.75 Å². The number of piperidine rings is 1. The average Bonchev–Trinajstić information content (AvgIpc) is 2.75. The minimum atomic E-state index is 0. The van der Waals surface area contributed by atoms with Crippen LogP contribution in [0, 0.1) is 0 Å². The van der Waals surface area contributed by atoms with Gasteiger partial charge in [0, 0.05) is 36.1 Å². The number of hydrogen-bond donors (Lipinski definition) is 1. The second kappa shape index (κ2) is 14.3. The van der Waals surface area contributed by atoms with Gasteiger partial charge in [-0.2, -0.15) is 0 Å². The van der Waals surface area contributed by atoms with Crippen molar-refractivity contribution < 1.29 is 10.2 Å². The zero-order chi connectivity index (χ0) is 19.3. The Morgan fingerprint density at radius 2 is 1.75 bits per heavy atom. The van der Waals surface area contributed by atoms with Crippen LogP contribution in [0.25, 0.3) is 11.1 Å². The molecule has 0 aliphatic carbocycles. The molecule has 1 aliphatic rings. The van der Waals surface area contributed by atoms with Gasteiger partial charge in [-0.1, -0.05) is 42.5 Å². The van der Waals surface area contributed by atoms with Gasteiger partial charge in [-0.05, 0) is 48.7 Å². The Kier molecular flexibility index (Phi) is 13.5. The number of pyridine rings is 1. The van der Waals surface area contributed by atoms with Crippen molar-refractivity contribution in [3.05, 3.63) is 84.2 Å². The second-order valence-electron chi connectivity index (χ2n) is 7.40. The highest BCUT2D eigenvalue weighted by Crippen LogP contribution is 2.34. The fourth-order valence-corrected chi connectivity index (χ4v) is 4.22. The predicted octanol–water partition coefficient (Wildman–Crippen LogP) is 4.86. The number of ether oxygens (including phenoxy) is 1. The van der Waals surface area contributed by atoms with E-state index in [9.17, 15) is 0 Å². The Bertz CT molecular complexity index is 917. The van der Waals surface area contributed by atoms with E-state index in [2.05, 4.69) is 64.5 Å². The van der Waals surface area contributed by atoms with E-state index in [0.29, 0.717) is 0 Å². The molecule has 1 saturated heterocycles. The Hall–Kier alpha value is -1.86. The Labute approximate surface area is 208 Å². The van der Waals surface area contributed by atoms with Crippen LogP contribution in [0.4, 0.5) is 0 Å². The van der Waals surface area contributed by atoms with Crippen molar-refractivity contribution >= 4 is 37.2 Å². The van der Waals surface area contributed by atoms with E-state index in [0.717, 1.165) is 42.8 Å². The first-order valence-electron chi connectivity index (χ1n) is 9.88. The van der Waals surface area contributed by atoms with Crippen molar-refractivity contribution in [2.45, 2.75) is 31.5 Å². The number of methoxy groups -OCH3 is 1. The highest BCUT2D eigenvalue weighted by molar-refractivity contribution is 5.86. The molecule has 2 heterocycles. The lowest BCUT2D eigenvalue weighted by Crippen LogP contribution is -2.45. The molecule has 0 radical (unpaired) electrons. The van der Waals surface area contributed by atoms with E-state index in [4.69, 9.17) is 10.5 Å². The van der Waals surface area contributed by atoms with Crippen LogP contribution < -0.4 is 10.5 Å². The van der Waals surface area contributed by atoms with Gasteiger partial charge < -0.3 is 15.9 Å². The molecule has 8 heteroatoms. The highest BCUT2D eigenvalue weighted by atomic mass is 35.5. The predicted molar refractivity (Wildman–Crippen MR) is 138 cm³/mol. The Morgan fingerprint density at radius 3 is 2.41 bits per heavy atom. The molecular formula is C24H32Cl3N3O2. The summed E-state index contributed by atoms with van der Waals surface area (Å²) in [7, 11) is 1.74. The van der Waals surface area contributed by atoms with E-state index in [-0.39, 0.29) is 54.8 Å². The molecule has 1 aliphatic heterocycles. The number of nitrogens with two attached hydrogens (primary N) is 1. The third-order valence-corrected chi connectivity index (χ3v) is 5.57. The molecule has 5 nitrogen and oxygen atoms in total. The summed E-state index contributed by atoms with van der Waals surface area (Å²) >= 11 is 0. The number of hydrogen-bond acceptors (Lipinski definition) is 4. The molecule has 1 fully saturated rings. The average molecular weight is 501 g/mol. The van der Waals surface area contributed by atoms with Crippen LogP contribution in [-0.2, 0) is 6.54 Å². The summed E-state index contributed by atoms with van der Waals surface area (Å²) in [4.78, 5) is 6.75. The van der Waals surface area contributed by atoms with Crippen molar-refractivity contribution in [1.82, 2.24) is 9.88 Å². The number of aromatic nitrogens is 1. The number of benzene rings is 2. The number of halogens is 3. The van der Waals surface area contributed by atoms with Crippen molar-refractivity contribution in [3.63, 3.8) is 0 Å². The van der Waals surface area contributed by atoms with Crippen LogP contribution >= 0.6 is 37.2 Å². The van der Waals surface area contributed by atoms with Crippen molar-refractivity contribution in [2.24, 2.45) is 5.73 Å². The number of rotatable bonds is 5. The maximum atomic E-state index is 6.57. The Morgan fingerprint density at radius 1 is 1.00 bits per heavy atom. The van der Waals surface area contributed by atoms with Crippen LogP contribution in [0.15, 0.2) is 73.1 Å². The molecule has 176 valence electrons. The van der Waals surface area contributed by atoms with Gasteiger partial charge in [0.25, 0.3) is 0 Å². The fourth-order valence-electron chi connectivity index (χ4n) is 4.22. The van der Waals surface area contributed by atoms with Gasteiger partial charge in [0.05, 0.1) is 13.2 Å². The molecule has 0 spiro atoms. The first-order chi connectivity index (χ1) is 13.8. The van der Waals surface area contributed by atoms with Crippen molar-refractivity contribution in [1.29, 1.82) is 0 Å². The maximum Gasteiger partial charge on any atom is 0.123 e. The fraction of sp³-hybridized carbons (Fsp3) is 0.292. The molecular weight excluding hydrogens is 469 g/mol. The molecule has 4 N–H and O–H groups in total. The van der Waals surface area contributed by atoms with Gasteiger partial charge in [-0.3, -0.25) is 9.88 Å². The van der Waals surface area contributed by atoms with Crippen LogP contribution in [0.2, 0.25) is 0 Å². The van der Waals surface area contributed by atoms with E-state index in [1.54, 1.807) is 13.3 Å². The first-order valence-corrected chi connectivity index (χ1v) is 9.88. The second-order valence-corrected chi connectivity index (χ2v) is 7.40. The van der Waals surface area contributed by atoms with E-state index >= 15 is 0 Å². The van der Waals surface area contributed by atoms with Crippen LogP contribution in [0.3, 0.4) is 0 Å². The van der Waals surface area contributed by atoms with Gasteiger partial charge in [-0.15, -0.1) is 37.2 Å². The summed E-state index contributed by atoms with van der Waals surface area (Å²) in [6.45, 7) is 1.85. The van der Waals surface area contributed by atoms with Gasteiger partial charge in [0.15, 0.2) is 0 Å². The lowest BCUT2D eigenvalue weighted by atomic mass is 9.90. The van der Waals surface area contributed by atoms with Gasteiger partial charge in [-0.25, -0.2) is 0 Å². The summed E-state index contributed by atoms with van der Waals surface area (Å²) in [5.74, 6) is 0.915. The third-order valence-electron chi connectivity index (χ3n) is 5.57.